The van der Waals surface area contributed by atoms with Crippen LogP contribution in [0.25, 0.3) is 5.69 Å². The molecule has 4 nitrogen and oxygen atoms in total. The van der Waals surface area contributed by atoms with E-state index in [-0.39, 0.29) is 12.1 Å². The van der Waals surface area contributed by atoms with Crippen molar-refractivity contribution >= 4 is 17.3 Å². The summed E-state index contributed by atoms with van der Waals surface area (Å²) >= 11 is 5.66. The topological polar surface area (TPSA) is 33.1 Å². The normalized spacial score (nSPS) is 19.1. The maximum absolute atomic E-state index is 5.66. The second-order valence-electron chi connectivity index (χ2n) is 7.41. The summed E-state index contributed by atoms with van der Waals surface area (Å²) in [6, 6.07) is 17.2. The maximum Gasteiger partial charge on any atom is 0.170 e. The predicted octanol–water partition coefficient (Wildman–Crippen LogP) is 4.79. The van der Waals surface area contributed by atoms with E-state index in [0.29, 0.717) is 0 Å². The molecule has 0 bridgehead atoms. The lowest BCUT2D eigenvalue weighted by Crippen LogP contribution is -2.29. The summed E-state index contributed by atoms with van der Waals surface area (Å²) in [4.78, 5) is 6.88. The van der Waals surface area contributed by atoms with Crippen LogP contribution < -0.4 is 5.32 Å². The minimum atomic E-state index is 0.0422. The lowest BCUT2D eigenvalue weighted by Gasteiger charge is -2.27. The van der Waals surface area contributed by atoms with Crippen LogP contribution >= 0.6 is 12.2 Å². The average Bonchev–Trinajstić information content (AvgIpc) is 3.18. The van der Waals surface area contributed by atoms with Crippen molar-refractivity contribution < 1.29 is 0 Å². The van der Waals surface area contributed by atoms with E-state index in [1.54, 1.807) is 0 Å². The van der Waals surface area contributed by atoms with Crippen LogP contribution in [0.2, 0.25) is 0 Å². The summed E-state index contributed by atoms with van der Waals surface area (Å²) in [6.07, 6.45) is 1.85. The number of pyridine rings is 1. The molecule has 28 heavy (non-hydrogen) atoms. The molecule has 5 heteroatoms. The van der Waals surface area contributed by atoms with E-state index in [0.717, 1.165) is 17.4 Å². The fourth-order valence-corrected chi connectivity index (χ4v) is 4.63. The number of nitrogens with zero attached hydrogens (tertiary/aromatic N) is 3. The number of hydrogen-bond acceptors (Lipinski definition) is 2. The largest absolute Gasteiger partial charge is 0.352 e. The molecule has 3 heterocycles. The second kappa shape index (κ2) is 7.40. The zero-order valence-electron chi connectivity index (χ0n) is 16.8. The van der Waals surface area contributed by atoms with Crippen LogP contribution in [0.3, 0.4) is 0 Å². The first kappa shape index (κ1) is 18.7. The Balaban J connectivity index is 1.82. The molecular weight excluding hydrogens is 364 g/mol. The van der Waals surface area contributed by atoms with Crippen LogP contribution in [0, 0.1) is 20.8 Å². The smallest absolute Gasteiger partial charge is 0.170 e. The Bertz CT molecular complexity index is 991. The van der Waals surface area contributed by atoms with E-state index in [1.807, 2.05) is 18.3 Å². The van der Waals surface area contributed by atoms with Gasteiger partial charge in [0, 0.05) is 29.8 Å². The molecule has 0 aliphatic carbocycles. The van der Waals surface area contributed by atoms with Gasteiger partial charge < -0.3 is 14.8 Å². The highest BCUT2D eigenvalue weighted by molar-refractivity contribution is 7.80. The number of thiocarbonyl (C=S) groups is 1. The molecule has 0 unspecified atom stereocenters. The van der Waals surface area contributed by atoms with Gasteiger partial charge in [-0.05, 0) is 75.8 Å². The Labute approximate surface area is 172 Å². The number of aromatic nitrogens is 2. The fourth-order valence-electron chi connectivity index (χ4n) is 4.26. The first-order valence-corrected chi connectivity index (χ1v) is 10.2. The van der Waals surface area contributed by atoms with Crippen molar-refractivity contribution in [2.75, 3.05) is 6.54 Å². The standard InChI is InChI=1S/C23H26N4S/c1-5-26-22(21(25-23(26)28)20-8-6-7-13-24-20)19-14-16(3)27(17(19)4)18-11-9-15(2)10-12-18/h6-14,21-22H,5H2,1-4H3,(H,25,28)/t21-,22-/m1/s1. The summed E-state index contributed by atoms with van der Waals surface area (Å²) in [7, 11) is 0. The van der Waals surface area contributed by atoms with E-state index >= 15 is 0 Å². The molecule has 144 valence electrons. The van der Waals surface area contributed by atoms with Crippen molar-refractivity contribution in [1.82, 2.24) is 19.8 Å². The molecule has 0 radical (unpaired) electrons. The van der Waals surface area contributed by atoms with Gasteiger partial charge in [-0.3, -0.25) is 4.98 Å². The molecule has 1 fully saturated rings. The van der Waals surface area contributed by atoms with Crippen molar-refractivity contribution in [3.8, 4) is 5.69 Å². The molecule has 1 N–H and O–H groups in total. The molecule has 0 amide bonds. The molecule has 1 aromatic carbocycles. The van der Waals surface area contributed by atoms with Gasteiger partial charge in [-0.1, -0.05) is 23.8 Å². The Morgan fingerprint density at radius 2 is 1.82 bits per heavy atom. The van der Waals surface area contributed by atoms with Crippen molar-refractivity contribution in [3.63, 3.8) is 0 Å². The highest BCUT2D eigenvalue weighted by Crippen LogP contribution is 2.41. The molecule has 4 rings (SSSR count). The third-order valence-electron chi connectivity index (χ3n) is 5.62. The van der Waals surface area contributed by atoms with E-state index in [4.69, 9.17) is 12.2 Å². The monoisotopic (exact) mass is 390 g/mol. The average molecular weight is 391 g/mol. The summed E-state index contributed by atoms with van der Waals surface area (Å²) in [5.41, 5.74) is 7.25. The molecule has 0 spiro atoms. The summed E-state index contributed by atoms with van der Waals surface area (Å²) in [5.74, 6) is 0. The number of benzene rings is 1. The molecule has 1 aliphatic rings. The van der Waals surface area contributed by atoms with E-state index in [1.165, 1.54) is 28.2 Å². The number of likely N-dealkylation sites (N-methyl/N-ethyl adjacent to an activating group) is 1. The van der Waals surface area contributed by atoms with E-state index in [2.05, 4.69) is 83.9 Å². The summed E-state index contributed by atoms with van der Waals surface area (Å²) in [6.45, 7) is 9.50. The SMILES string of the molecule is CCN1C(=S)N[C@H](c2ccccn2)[C@H]1c1cc(C)n(-c2ccc(C)cc2)c1C. The maximum atomic E-state index is 5.66. The van der Waals surface area contributed by atoms with Gasteiger partial charge in [0.1, 0.15) is 0 Å². The van der Waals surface area contributed by atoms with Crippen LogP contribution in [-0.2, 0) is 0 Å². The van der Waals surface area contributed by atoms with Gasteiger partial charge in [-0.15, -0.1) is 0 Å². The van der Waals surface area contributed by atoms with Crippen LogP contribution in [0.4, 0.5) is 0 Å². The van der Waals surface area contributed by atoms with Gasteiger partial charge in [0.25, 0.3) is 0 Å². The minimum Gasteiger partial charge on any atom is -0.352 e. The number of aryl methyl sites for hydroxylation is 2. The highest BCUT2D eigenvalue weighted by Gasteiger charge is 2.40. The van der Waals surface area contributed by atoms with Gasteiger partial charge in [0.2, 0.25) is 0 Å². The van der Waals surface area contributed by atoms with Crippen LogP contribution in [0.5, 0.6) is 0 Å². The molecule has 3 aromatic rings. The Morgan fingerprint density at radius 3 is 2.46 bits per heavy atom. The quantitative estimate of drug-likeness (QED) is 0.650. The Hall–Kier alpha value is -2.66. The molecular formula is C23H26N4S. The zero-order chi connectivity index (χ0) is 19.8. The molecule has 1 saturated heterocycles. The Morgan fingerprint density at radius 1 is 1.07 bits per heavy atom. The first-order valence-electron chi connectivity index (χ1n) is 9.75. The lowest BCUT2D eigenvalue weighted by atomic mass is 9.97. The molecule has 0 saturated carbocycles. The van der Waals surface area contributed by atoms with E-state index < -0.39 is 0 Å². The molecule has 2 atom stereocenters. The third kappa shape index (κ3) is 3.10. The summed E-state index contributed by atoms with van der Waals surface area (Å²) in [5, 5.41) is 4.30. The van der Waals surface area contributed by atoms with Gasteiger partial charge in [-0.2, -0.15) is 0 Å². The minimum absolute atomic E-state index is 0.0422. The van der Waals surface area contributed by atoms with Gasteiger partial charge in [0.15, 0.2) is 5.11 Å². The zero-order valence-corrected chi connectivity index (χ0v) is 17.6. The van der Waals surface area contributed by atoms with Gasteiger partial charge >= 0.3 is 0 Å². The number of hydrogen-bond donors (Lipinski definition) is 1. The van der Waals surface area contributed by atoms with E-state index in [9.17, 15) is 0 Å². The van der Waals surface area contributed by atoms with Crippen molar-refractivity contribution in [1.29, 1.82) is 0 Å². The fraction of sp³-hybridized carbons (Fsp3) is 0.304. The number of rotatable bonds is 4. The Kier molecular flexibility index (Phi) is 4.94. The van der Waals surface area contributed by atoms with Crippen LogP contribution in [0.15, 0.2) is 54.7 Å². The predicted molar refractivity (Wildman–Crippen MR) is 118 cm³/mol. The van der Waals surface area contributed by atoms with Crippen molar-refractivity contribution in [2.24, 2.45) is 0 Å². The lowest BCUT2D eigenvalue weighted by molar-refractivity contribution is 0.329. The summed E-state index contributed by atoms with van der Waals surface area (Å²) < 4.78 is 2.33. The number of nitrogens with one attached hydrogen (secondary N) is 1. The van der Waals surface area contributed by atoms with Crippen molar-refractivity contribution in [2.45, 2.75) is 39.8 Å². The van der Waals surface area contributed by atoms with Crippen LogP contribution in [-0.4, -0.2) is 26.1 Å². The second-order valence-corrected chi connectivity index (χ2v) is 7.80. The van der Waals surface area contributed by atoms with Gasteiger partial charge in [-0.25, -0.2) is 0 Å². The van der Waals surface area contributed by atoms with Crippen molar-refractivity contribution in [3.05, 3.63) is 82.9 Å². The highest BCUT2D eigenvalue weighted by atomic mass is 32.1. The first-order chi connectivity index (χ1) is 13.5. The third-order valence-corrected chi connectivity index (χ3v) is 5.97. The van der Waals surface area contributed by atoms with Crippen LogP contribution in [0.1, 0.15) is 47.2 Å². The molecule has 1 aliphatic heterocycles. The molecule has 2 aromatic heterocycles. The van der Waals surface area contributed by atoms with Gasteiger partial charge in [0.05, 0.1) is 17.8 Å².